The summed E-state index contributed by atoms with van der Waals surface area (Å²) in [6.45, 7) is 22.6. The summed E-state index contributed by atoms with van der Waals surface area (Å²) in [5.41, 5.74) is 5.66. The van der Waals surface area contributed by atoms with Gasteiger partial charge in [0.2, 0.25) is 0 Å². The minimum absolute atomic E-state index is 0. The normalized spacial score (nSPS) is 17.6. The largest absolute Gasteiger partial charge is 2.00 e. The second-order valence-corrected chi connectivity index (χ2v) is 13.6. The van der Waals surface area contributed by atoms with E-state index in [1.54, 1.807) is 0 Å². The quantitative estimate of drug-likeness (QED) is 0.184. The fourth-order valence-electron chi connectivity index (χ4n) is 4.78. The summed E-state index contributed by atoms with van der Waals surface area (Å²) in [5.74, 6) is 0. The summed E-state index contributed by atoms with van der Waals surface area (Å²) in [4.78, 5) is 2.49. The van der Waals surface area contributed by atoms with E-state index in [2.05, 4.69) is 118 Å². The summed E-state index contributed by atoms with van der Waals surface area (Å²) in [5, 5.41) is 10.2. The number of benzene rings is 1. The molecule has 3 aromatic heterocycles. The van der Waals surface area contributed by atoms with E-state index in [9.17, 15) is 0 Å². The molecule has 0 radical (unpaired) electrons. The molecular weight excluding hydrogens is 644 g/mol. The second kappa shape index (κ2) is 8.53. The first-order valence-corrected chi connectivity index (χ1v) is 13.2. The molecule has 0 aliphatic carbocycles. The predicted molar refractivity (Wildman–Crippen MR) is 144 cm³/mol. The maximum Gasteiger partial charge on any atom is 2.00 e. The maximum atomic E-state index is 5.15. The SMILES string of the molecule is Cc1cc2[c-]c(c1)C(C)(C)c1[c-]c(c(C(C)(C)C)s1)-n1ccc(n1)C(C)(C)C(C)(C)c1ccn-2n1.[Pt+2]. The summed E-state index contributed by atoms with van der Waals surface area (Å²) in [6, 6.07) is 16.2. The van der Waals surface area contributed by atoms with Gasteiger partial charge in [-0.3, -0.25) is 20.7 Å². The van der Waals surface area contributed by atoms with Gasteiger partial charge in [0.25, 0.3) is 0 Å². The molecule has 0 saturated heterocycles. The first-order chi connectivity index (χ1) is 16.1. The average molecular weight is 680 g/mol. The third kappa shape index (κ3) is 4.07. The molecule has 0 unspecified atom stereocenters. The van der Waals surface area contributed by atoms with Gasteiger partial charge in [0.1, 0.15) is 0 Å². The van der Waals surface area contributed by atoms with Crippen LogP contribution in [0.2, 0.25) is 0 Å². The molecule has 0 atom stereocenters. The van der Waals surface area contributed by atoms with Crippen molar-refractivity contribution >= 4 is 11.3 Å². The Hall–Kier alpha value is -1.97. The van der Waals surface area contributed by atoms with Crippen molar-refractivity contribution in [1.29, 1.82) is 0 Å². The van der Waals surface area contributed by atoms with Crippen molar-refractivity contribution in [2.75, 3.05) is 0 Å². The summed E-state index contributed by atoms with van der Waals surface area (Å²) < 4.78 is 4.01. The van der Waals surface area contributed by atoms with E-state index in [1.807, 2.05) is 20.7 Å². The van der Waals surface area contributed by atoms with Gasteiger partial charge in [0.05, 0.1) is 11.4 Å². The molecule has 1 aliphatic rings. The molecule has 0 fully saturated rings. The Labute approximate surface area is 234 Å². The van der Waals surface area contributed by atoms with E-state index in [1.165, 1.54) is 15.3 Å². The number of hydrogen-bond donors (Lipinski definition) is 0. The molecule has 1 aliphatic heterocycles. The zero-order valence-electron chi connectivity index (χ0n) is 23.0. The van der Waals surface area contributed by atoms with Crippen LogP contribution in [0.5, 0.6) is 0 Å². The third-order valence-electron chi connectivity index (χ3n) is 8.07. The minimum atomic E-state index is -0.269. The van der Waals surface area contributed by atoms with Gasteiger partial charge in [-0.1, -0.05) is 85.2 Å². The van der Waals surface area contributed by atoms with Crippen molar-refractivity contribution in [2.45, 2.75) is 90.9 Å². The van der Waals surface area contributed by atoms with Gasteiger partial charge < -0.3 is 0 Å². The molecule has 4 nitrogen and oxygen atoms in total. The molecule has 0 saturated carbocycles. The maximum absolute atomic E-state index is 5.15. The minimum Gasteiger partial charge on any atom is -0.276 e. The van der Waals surface area contributed by atoms with E-state index in [4.69, 9.17) is 10.2 Å². The van der Waals surface area contributed by atoms with Crippen LogP contribution in [0, 0.1) is 19.1 Å². The number of nitrogens with zero attached hydrogens (tertiary/aromatic N) is 4. The van der Waals surface area contributed by atoms with Gasteiger partial charge in [-0.15, -0.1) is 10.9 Å². The van der Waals surface area contributed by atoms with Crippen molar-refractivity contribution in [3.8, 4) is 11.4 Å². The van der Waals surface area contributed by atoms with Crippen LogP contribution in [0.25, 0.3) is 11.4 Å². The van der Waals surface area contributed by atoms with Crippen molar-refractivity contribution in [3.05, 3.63) is 81.1 Å². The molecule has 36 heavy (non-hydrogen) atoms. The van der Waals surface area contributed by atoms with Gasteiger partial charge >= 0.3 is 21.1 Å². The standard InChI is InChI=1S/C30H36N4S.Pt/c1-19-15-20-17-21(16-19)33-13-11-23(31-33)29(7,8)30(9,10)24-12-14-34(32-24)22-18-25(28(20,5)6)35-26(22)27(2,3)4;/h11-16H,1-10H3;/q-2;+2. The first kappa shape index (κ1) is 27.1. The van der Waals surface area contributed by atoms with Crippen LogP contribution in [0.3, 0.4) is 0 Å². The number of hydrogen-bond acceptors (Lipinski definition) is 3. The van der Waals surface area contributed by atoms with Crippen LogP contribution in [-0.2, 0) is 42.7 Å². The van der Waals surface area contributed by atoms with E-state index in [0.29, 0.717) is 0 Å². The molecule has 0 amide bonds. The fourth-order valence-corrected chi connectivity index (χ4v) is 6.05. The average Bonchev–Trinajstić information content (AvgIpc) is 3.51. The Morgan fingerprint density at radius 2 is 1.39 bits per heavy atom. The Kier molecular flexibility index (Phi) is 6.41. The van der Waals surface area contributed by atoms with Gasteiger partial charge in [0, 0.05) is 23.2 Å². The Bertz CT molecular complexity index is 1430. The monoisotopic (exact) mass is 679 g/mol. The Morgan fingerprint density at radius 1 is 0.833 bits per heavy atom. The fraction of sp³-hybridized carbons (Fsp3) is 0.467. The molecule has 1 aromatic carbocycles. The van der Waals surface area contributed by atoms with E-state index < -0.39 is 0 Å². The molecule has 0 N–H and O–H groups in total. The van der Waals surface area contributed by atoms with Gasteiger partial charge in [-0.2, -0.15) is 33.5 Å². The van der Waals surface area contributed by atoms with Crippen LogP contribution in [-0.4, -0.2) is 19.6 Å². The molecule has 192 valence electrons. The number of rotatable bonds is 0. The van der Waals surface area contributed by atoms with Crippen molar-refractivity contribution in [1.82, 2.24) is 19.6 Å². The zero-order valence-corrected chi connectivity index (χ0v) is 26.1. The molecule has 4 aromatic rings. The molecule has 6 heteroatoms. The summed E-state index contributed by atoms with van der Waals surface area (Å²) >= 11 is 1.84. The third-order valence-corrected chi connectivity index (χ3v) is 9.90. The van der Waals surface area contributed by atoms with Gasteiger partial charge in [-0.25, -0.2) is 6.07 Å². The molecule has 5 rings (SSSR count). The number of fused-ring (bicyclic) bond motifs is 10. The van der Waals surface area contributed by atoms with Crippen LogP contribution in [0.15, 0.2) is 36.7 Å². The number of aryl methyl sites for hydroxylation is 1. The topological polar surface area (TPSA) is 35.6 Å². The zero-order chi connectivity index (χ0) is 25.6. The van der Waals surface area contributed by atoms with Crippen LogP contribution >= 0.6 is 11.3 Å². The summed E-state index contributed by atoms with van der Waals surface area (Å²) in [6.07, 6.45) is 4.16. The molecule has 8 bridgehead atoms. The number of thiophene rings is 1. The molecular formula is C30H36N4PtS. The second-order valence-electron chi connectivity index (χ2n) is 12.6. The number of aromatic nitrogens is 4. The summed E-state index contributed by atoms with van der Waals surface area (Å²) in [7, 11) is 0. The van der Waals surface area contributed by atoms with E-state index >= 15 is 0 Å². The van der Waals surface area contributed by atoms with Gasteiger partial charge in [-0.05, 0) is 23.2 Å². The van der Waals surface area contributed by atoms with Crippen molar-refractivity contribution in [3.63, 3.8) is 0 Å². The van der Waals surface area contributed by atoms with Crippen LogP contribution < -0.4 is 0 Å². The van der Waals surface area contributed by atoms with Crippen LogP contribution in [0.4, 0.5) is 0 Å². The van der Waals surface area contributed by atoms with Gasteiger partial charge in [0.15, 0.2) is 0 Å². The molecule has 0 spiro atoms. The van der Waals surface area contributed by atoms with Crippen LogP contribution in [0.1, 0.15) is 94.6 Å². The Balaban J connectivity index is 0.00000304. The first-order valence-electron chi connectivity index (χ1n) is 12.4. The predicted octanol–water partition coefficient (Wildman–Crippen LogP) is 7.22. The van der Waals surface area contributed by atoms with Crippen molar-refractivity contribution < 1.29 is 21.1 Å². The van der Waals surface area contributed by atoms with E-state index in [0.717, 1.165) is 28.3 Å². The smallest absolute Gasteiger partial charge is 0.276 e. The van der Waals surface area contributed by atoms with E-state index in [-0.39, 0.29) is 42.7 Å². The van der Waals surface area contributed by atoms with Crippen molar-refractivity contribution in [2.24, 2.45) is 0 Å². The molecule has 4 heterocycles. The Morgan fingerprint density at radius 3 is 1.97 bits per heavy atom.